The molecule has 1 amide bonds. The number of nitriles is 1. The summed E-state index contributed by atoms with van der Waals surface area (Å²) in [7, 11) is 2.15. The maximum atomic E-state index is 12.6. The molecule has 28 heavy (non-hydrogen) atoms. The lowest BCUT2D eigenvalue weighted by Gasteiger charge is -2.38. The van der Waals surface area contributed by atoms with Crippen molar-refractivity contribution in [2.45, 2.75) is 37.8 Å². The van der Waals surface area contributed by atoms with E-state index in [0.717, 1.165) is 56.2 Å². The van der Waals surface area contributed by atoms with Gasteiger partial charge in [-0.3, -0.25) is 14.7 Å². The lowest BCUT2D eigenvalue weighted by atomic mass is 10.0. The van der Waals surface area contributed by atoms with Crippen molar-refractivity contribution in [2.75, 3.05) is 38.1 Å². The molecule has 6 nitrogen and oxygen atoms in total. The van der Waals surface area contributed by atoms with Crippen molar-refractivity contribution in [1.82, 2.24) is 14.8 Å². The molecule has 1 aromatic heterocycles. The largest absolute Gasteiger partial charge is 0.371 e. The summed E-state index contributed by atoms with van der Waals surface area (Å²) in [4.78, 5) is 23.4. The number of piperidine rings is 1. The van der Waals surface area contributed by atoms with Gasteiger partial charge in [-0.05, 0) is 43.9 Å². The molecule has 0 aliphatic carbocycles. The number of rotatable bonds is 4. The first-order valence-corrected chi connectivity index (χ1v) is 10.1. The third-order valence-electron chi connectivity index (χ3n) is 6.18. The Morgan fingerprint density at radius 2 is 2.07 bits per heavy atom. The maximum absolute atomic E-state index is 12.6. The van der Waals surface area contributed by atoms with E-state index in [1.165, 1.54) is 5.69 Å². The van der Waals surface area contributed by atoms with Crippen LogP contribution in [-0.4, -0.2) is 66.0 Å². The first-order valence-electron chi connectivity index (χ1n) is 10.1. The number of aromatic nitrogens is 1. The molecule has 0 unspecified atom stereocenters. The SMILES string of the molecule is CN(c1ccc2cccnc2c1)C1CCN(CC(=O)N2CCC[C@H]2C#N)CC1. The van der Waals surface area contributed by atoms with E-state index in [0.29, 0.717) is 12.6 Å². The van der Waals surface area contributed by atoms with E-state index in [4.69, 9.17) is 0 Å². The van der Waals surface area contributed by atoms with Crippen molar-refractivity contribution in [1.29, 1.82) is 5.26 Å². The van der Waals surface area contributed by atoms with E-state index in [2.05, 4.69) is 52.2 Å². The summed E-state index contributed by atoms with van der Waals surface area (Å²) < 4.78 is 0. The number of benzene rings is 1. The molecule has 6 heteroatoms. The summed E-state index contributed by atoms with van der Waals surface area (Å²) in [6.45, 7) is 3.00. The molecule has 146 valence electrons. The Kier molecular flexibility index (Phi) is 5.45. The number of hydrogen-bond acceptors (Lipinski definition) is 5. The average Bonchev–Trinajstić information content (AvgIpc) is 3.22. The Morgan fingerprint density at radius 1 is 1.25 bits per heavy atom. The zero-order chi connectivity index (χ0) is 19.5. The number of carbonyl (C=O) groups excluding carboxylic acids is 1. The molecule has 2 saturated heterocycles. The first-order chi connectivity index (χ1) is 13.7. The summed E-state index contributed by atoms with van der Waals surface area (Å²) in [5.74, 6) is 0.108. The van der Waals surface area contributed by atoms with Crippen LogP contribution in [0, 0.1) is 11.3 Å². The lowest BCUT2D eigenvalue weighted by Crippen LogP contribution is -2.48. The van der Waals surface area contributed by atoms with Crippen molar-refractivity contribution >= 4 is 22.5 Å². The third kappa shape index (κ3) is 3.81. The quantitative estimate of drug-likeness (QED) is 0.820. The fourth-order valence-corrected chi connectivity index (χ4v) is 4.43. The Hall–Kier alpha value is -2.65. The molecular weight excluding hydrogens is 350 g/mol. The molecule has 0 spiro atoms. The second-order valence-corrected chi connectivity index (χ2v) is 7.87. The summed E-state index contributed by atoms with van der Waals surface area (Å²) in [5.41, 5.74) is 2.21. The molecule has 0 saturated carbocycles. The molecule has 2 fully saturated rings. The molecule has 3 heterocycles. The van der Waals surface area contributed by atoms with Crippen molar-refractivity contribution in [3.8, 4) is 6.07 Å². The van der Waals surface area contributed by atoms with Crippen LogP contribution in [0.25, 0.3) is 10.9 Å². The van der Waals surface area contributed by atoms with Crippen molar-refractivity contribution < 1.29 is 4.79 Å². The Labute approximate surface area is 166 Å². The predicted molar refractivity (Wildman–Crippen MR) is 110 cm³/mol. The van der Waals surface area contributed by atoms with Gasteiger partial charge in [0.15, 0.2) is 0 Å². The smallest absolute Gasteiger partial charge is 0.237 e. The van der Waals surface area contributed by atoms with Gasteiger partial charge in [-0.2, -0.15) is 5.26 Å². The summed E-state index contributed by atoms with van der Waals surface area (Å²) in [5, 5.41) is 10.4. The number of nitrogens with zero attached hydrogens (tertiary/aromatic N) is 5. The average molecular weight is 377 g/mol. The highest BCUT2D eigenvalue weighted by Crippen LogP contribution is 2.25. The van der Waals surface area contributed by atoms with Gasteiger partial charge in [0.25, 0.3) is 0 Å². The molecular formula is C22H27N5O. The van der Waals surface area contributed by atoms with Crippen molar-refractivity contribution in [3.05, 3.63) is 36.5 Å². The lowest BCUT2D eigenvalue weighted by molar-refractivity contribution is -0.132. The van der Waals surface area contributed by atoms with E-state index in [1.54, 1.807) is 4.90 Å². The van der Waals surface area contributed by atoms with Gasteiger partial charge in [0.05, 0.1) is 18.1 Å². The number of carbonyl (C=O) groups is 1. The second-order valence-electron chi connectivity index (χ2n) is 7.87. The van der Waals surface area contributed by atoms with Crippen LogP contribution in [0.4, 0.5) is 5.69 Å². The molecule has 0 N–H and O–H groups in total. The number of pyridine rings is 1. The van der Waals surface area contributed by atoms with Gasteiger partial charge < -0.3 is 9.80 Å². The van der Waals surface area contributed by atoms with E-state index < -0.39 is 0 Å². The number of hydrogen-bond donors (Lipinski definition) is 0. The van der Waals surface area contributed by atoms with Crippen LogP contribution in [0.1, 0.15) is 25.7 Å². The number of fused-ring (bicyclic) bond motifs is 1. The van der Waals surface area contributed by atoms with Gasteiger partial charge >= 0.3 is 0 Å². The highest BCUT2D eigenvalue weighted by Gasteiger charge is 2.31. The molecule has 0 bridgehead atoms. The van der Waals surface area contributed by atoms with Crippen LogP contribution in [0.3, 0.4) is 0 Å². The van der Waals surface area contributed by atoms with Crippen LogP contribution < -0.4 is 4.90 Å². The highest BCUT2D eigenvalue weighted by atomic mass is 16.2. The van der Waals surface area contributed by atoms with Gasteiger partial charge in [0, 0.05) is 50.0 Å². The third-order valence-corrected chi connectivity index (χ3v) is 6.18. The summed E-state index contributed by atoms with van der Waals surface area (Å²) in [6.07, 6.45) is 5.66. The van der Waals surface area contributed by atoms with Crippen LogP contribution in [-0.2, 0) is 4.79 Å². The monoisotopic (exact) mass is 377 g/mol. The summed E-state index contributed by atoms with van der Waals surface area (Å²) in [6, 6.07) is 13.0. The second kappa shape index (κ2) is 8.15. The van der Waals surface area contributed by atoms with E-state index in [9.17, 15) is 10.1 Å². The first kappa shape index (κ1) is 18.7. The maximum Gasteiger partial charge on any atom is 0.237 e. The van der Waals surface area contributed by atoms with Crippen LogP contribution >= 0.6 is 0 Å². The number of likely N-dealkylation sites (tertiary alicyclic amines) is 2. The molecule has 0 radical (unpaired) electrons. The summed E-state index contributed by atoms with van der Waals surface area (Å²) >= 11 is 0. The minimum atomic E-state index is -0.224. The fraction of sp³-hybridized carbons (Fsp3) is 0.500. The molecule has 2 aliphatic rings. The fourth-order valence-electron chi connectivity index (χ4n) is 4.43. The molecule has 1 atom stereocenters. The standard InChI is InChI=1S/C22H27N5O/c1-25(19-7-6-17-4-2-10-24-21(17)14-19)18-8-12-26(13-9-18)16-22(28)27-11-3-5-20(27)15-23/h2,4,6-7,10,14,18,20H,3,5,8-9,11-13,16H2,1H3/t20-/m0/s1. The van der Waals surface area contributed by atoms with E-state index in [1.807, 2.05) is 12.3 Å². The van der Waals surface area contributed by atoms with Crippen LogP contribution in [0.5, 0.6) is 0 Å². The Bertz CT molecular complexity index is 884. The molecule has 2 aliphatic heterocycles. The van der Waals surface area contributed by atoms with Gasteiger partial charge in [-0.25, -0.2) is 0 Å². The predicted octanol–water partition coefficient (Wildman–Crippen LogP) is 2.65. The van der Waals surface area contributed by atoms with Gasteiger partial charge in [-0.15, -0.1) is 0 Å². The van der Waals surface area contributed by atoms with Crippen LogP contribution in [0.15, 0.2) is 36.5 Å². The van der Waals surface area contributed by atoms with Crippen molar-refractivity contribution in [2.24, 2.45) is 0 Å². The van der Waals surface area contributed by atoms with Gasteiger partial charge in [-0.1, -0.05) is 12.1 Å². The highest BCUT2D eigenvalue weighted by molar-refractivity contribution is 5.82. The number of anilines is 1. The van der Waals surface area contributed by atoms with E-state index in [-0.39, 0.29) is 11.9 Å². The minimum absolute atomic E-state index is 0.108. The molecule has 1 aromatic carbocycles. The zero-order valence-corrected chi connectivity index (χ0v) is 16.4. The van der Waals surface area contributed by atoms with Crippen molar-refractivity contribution in [3.63, 3.8) is 0 Å². The van der Waals surface area contributed by atoms with Crippen LogP contribution in [0.2, 0.25) is 0 Å². The molecule has 4 rings (SSSR count). The van der Waals surface area contributed by atoms with Gasteiger partial charge in [0.1, 0.15) is 6.04 Å². The van der Waals surface area contributed by atoms with Gasteiger partial charge in [0.2, 0.25) is 5.91 Å². The normalized spacial score (nSPS) is 21.0. The number of amides is 1. The topological polar surface area (TPSA) is 63.5 Å². The Morgan fingerprint density at radius 3 is 2.86 bits per heavy atom. The van der Waals surface area contributed by atoms with E-state index >= 15 is 0 Å². The Balaban J connectivity index is 1.33. The minimum Gasteiger partial charge on any atom is -0.371 e. The zero-order valence-electron chi connectivity index (χ0n) is 16.4. The molecule has 2 aromatic rings.